The molecule has 0 unspecified atom stereocenters. The molecule has 1 amide bonds. The van der Waals surface area contributed by atoms with Crippen LogP contribution >= 0.6 is 0 Å². The van der Waals surface area contributed by atoms with E-state index in [4.69, 9.17) is 0 Å². The Bertz CT molecular complexity index is 773. The van der Waals surface area contributed by atoms with Gasteiger partial charge in [0, 0.05) is 18.7 Å². The van der Waals surface area contributed by atoms with Crippen LogP contribution in [0.5, 0.6) is 0 Å². The third kappa shape index (κ3) is 3.02. The zero-order valence-corrected chi connectivity index (χ0v) is 13.8. The highest BCUT2D eigenvalue weighted by Gasteiger charge is 2.37. The van der Waals surface area contributed by atoms with Crippen molar-refractivity contribution in [1.82, 2.24) is 9.88 Å². The van der Waals surface area contributed by atoms with Crippen molar-refractivity contribution in [1.29, 1.82) is 0 Å². The number of likely N-dealkylation sites (tertiary alicyclic amines) is 1. The summed E-state index contributed by atoms with van der Waals surface area (Å²) in [5.41, 5.74) is 3.02. The number of carboxylic acid groups (broad SMARTS) is 1. The van der Waals surface area contributed by atoms with Crippen molar-refractivity contribution < 1.29 is 14.7 Å². The van der Waals surface area contributed by atoms with Crippen molar-refractivity contribution in [3.05, 3.63) is 53.7 Å². The zero-order chi connectivity index (χ0) is 17.3. The Morgan fingerprint density at radius 3 is 2.42 bits per heavy atom. The molecule has 1 N–H and O–H groups in total. The van der Waals surface area contributed by atoms with Crippen LogP contribution < -0.4 is 0 Å². The molecule has 24 heavy (non-hydrogen) atoms. The van der Waals surface area contributed by atoms with Crippen LogP contribution in [0.1, 0.15) is 23.0 Å². The summed E-state index contributed by atoms with van der Waals surface area (Å²) in [5.74, 6) is -1.52. The highest BCUT2D eigenvalue weighted by Crippen LogP contribution is 2.26. The van der Waals surface area contributed by atoms with Crippen LogP contribution in [0.4, 0.5) is 0 Å². The van der Waals surface area contributed by atoms with Gasteiger partial charge in [0.25, 0.3) is 5.91 Å². The van der Waals surface area contributed by atoms with Crippen LogP contribution in [0.15, 0.2) is 42.5 Å². The van der Waals surface area contributed by atoms with E-state index in [1.54, 1.807) is 11.0 Å². The van der Waals surface area contributed by atoms with E-state index >= 15 is 0 Å². The van der Waals surface area contributed by atoms with Crippen LogP contribution in [0.25, 0.3) is 11.3 Å². The van der Waals surface area contributed by atoms with E-state index in [2.05, 4.69) is 4.98 Å². The van der Waals surface area contributed by atoms with Gasteiger partial charge in [-0.1, -0.05) is 37.3 Å². The Kier molecular flexibility index (Phi) is 4.34. The van der Waals surface area contributed by atoms with Gasteiger partial charge in [-0.25, -0.2) is 0 Å². The van der Waals surface area contributed by atoms with Gasteiger partial charge in [-0.3, -0.25) is 14.6 Å². The maximum absolute atomic E-state index is 12.7. The minimum Gasteiger partial charge on any atom is -0.481 e. The lowest BCUT2D eigenvalue weighted by atomic mass is 9.99. The maximum atomic E-state index is 12.7. The quantitative estimate of drug-likeness (QED) is 0.942. The van der Waals surface area contributed by atoms with Gasteiger partial charge in [0.05, 0.1) is 22.9 Å². The molecule has 0 bridgehead atoms. The van der Waals surface area contributed by atoms with E-state index in [9.17, 15) is 14.7 Å². The molecule has 0 radical (unpaired) electrons. The summed E-state index contributed by atoms with van der Waals surface area (Å²) in [4.78, 5) is 30.1. The molecule has 1 aliphatic heterocycles. The molecule has 1 aromatic carbocycles. The molecule has 1 aliphatic rings. The van der Waals surface area contributed by atoms with Gasteiger partial charge < -0.3 is 10.0 Å². The summed E-state index contributed by atoms with van der Waals surface area (Å²) in [6.45, 7) is 4.41. The molecular formula is C19H20N2O3. The van der Waals surface area contributed by atoms with Gasteiger partial charge in [0.15, 0.2) is 0 Å². The fourth-order valence-corrected chi connectivity index (χ4v) is 3.18. The fourth-order valence-electron chi connectivity index (χ4n) is 3.18. The highest BCUT2D eigenvalue weighted by atomic mass is 16.4. The van der Waals surface area contributed by atoms with Crippen LogP contribution in [0.3, 0.4) is 0 Å². The predicted octanol–water partition coefficient (Wildman–Crippen LogP) is 2.85. The third-order valence-corrected chi connectivity index (χ3v) is 4.60. The van der Waals surface area contributed by atoms with E-state index in [1.807, 2.05) is 50.2 Å². The molecule has 1 fully saturated rings. The summed E-state index contributed by atoms with van der Waals surface area (Å²) >= 11 is 0. The number of nitrogens with zero attached hydrogens (tertiary/aromatic N) is 2. The van der Waals surface area contributed by atoms with E-state index in [0.717, 1.165) is 11.3 Å². The summed E-state index contributed by atoms with van der Waals surface area (Å²) in [5, 5.41) is 9.22. The molecule has 0 aliphatic carbocycles. The van der Waals surface area contributed by atoms with Crippen molar-refractivity contribution in [2.75, 3.05) is 13.1 Å². The number of carbonyl (C=O) groups excluding carboxylic acids is 1. The molecule has 0 spiro atoms. The lowest BCUT2D eigenvalue weighted by molar-refractivity contribution is -0.142. The van der Waals surface area contributed by atoms with E-state index in [1.165, 1.54) is 0 Å². The average Bonchev–Trinajstić information content (AvgIpc) is 2.97. The molecule has 2 heterocycles. The molecule has 5 nitrogen and oxygen atoms in total. The number of rotatable bonds is 3. The van der Waals surface area contributed by atoms with Crippen LogP contribution in [0.2, 0.25) is 0 Å². The molecule has 5 heteroatoms. The number of carbonyl (C=O) groups is 2. The molecule has 0 saturated carbocycles. The topological polar surface area (TPSA) is 70.5 Å². The Morgan fingerprint density at radius 1 is 1.12 bits per heavy atom. The number of pyridine rings is 1. The third-order valence-electron chi connectivity index (χ3n) is 4.60. The van der Waals surface area contributed by atoms with Crippen molar-refractivity contribution in [3.8, 4) is 11.3 Å². The highest BCUT2D eigenvalue weighted by molar-refractivity contribution is 5.96. The fraction of sp³-hybridized carbons (Fsp3) is 0.316. The monoisotopic (exact) mass is 324 g/mol. The van der Waals surface area contributed by atoms with Crippen LogP contribution in [0, 0.1) is 18.8 Å². The number of benzene rings is 1. The van der Waals surface area contributed by atoms with Gasteiger partial charge in [0.2, 0.25) is 0 Å². The summed E-state index contributed by atoms with van der Waals surface area (Å²) in [6.07, 6.45) is 0. The number of hydrogen-bond acceptors (Lipinski definition) is 3. The first-order valence-corrected chi connectivity index (χ1v) is 8.02. The number of hydrogen-bond donors (Lipinski definition) is 1. The standard InChI is InChI=1S/C19H20N2O3/c1-12-10-21(11-16(12)19(23)24)18(22)15-8-9-17(20-13(15)2)14-6-4-3-5-7-14/h3-9,12,16H,10-11H2,1-2H3,(H,23,24)/t12-,16-/m1/s1. The molecule has 3 rings (SSSR count). The number of carboxylic acids is 1. The van der Waals surface area contributed by atoms with Gasteiger partial charge >= 0.3 is 5.97 Å². The second kappa shape index (κ2) is 6.43. The van der Waals surface area contributed by atoms with E-state index in [0.29, 0.717) is 17.8 Å². The lowest BCUT2D eigenvalue weighted by Crippen LogP contribution is -2.30. The maximum Gasteiger partial charge on any atom is 0.308 e. The Balaban J connectivity index is 1.83. The summed E-state index contributed by atoms with van der Waals surface area (Å²) < 4.78 is 0. The average molecular weight is 324 g/mol. The molecule has 1 saturated heterocycles. The van der Waals surface area contributed by atoms with Crippen LogP contribution in [-0.2, 0) is 4.79 Å². The predicted molar refractivity (Wildman–Crippen MR) is 90.6 cm³/mol. The van der Waals surface area contributed by atoms with Gasteiger partial charge in [-0.15, -0.1) is 0 Å². The smallest absolute Gasteiger partial charge is 0.308 e. The Labute approximate surface area is 140 Å². The van der Waals surface area contributed by atoms with Crippen molar-refractivity contribution in [2.45, 2.75) is 13.8 Å². The van der Waals surface area contributed by atoms with Gasteiger partial charge in [-0.05, 0) is 25.0 Å². The molecular weight excluding hydrogens is 304 g/mol. The van der Waals surface area contributed by atoms with Gasteiger partial charge in [0.1, 0.15) is 0 Å². The molecule has 2 aromatic rings. The summed E-state index contributed by atoms with van der Waals surface area (Å²) in [6, 6.07) is 13.4. The summed E-state index contributed by atoms with van der Waals surface area (Å²) in [7, 11) is 0. The van der Waals surface area contributed by atoms with Crippen molar-refractivity contribution >= 4 is 11.9 Å². The number of aliphatic carboxylic acids is 1. The molecule has 2 atom stereocenters. The molecule has 1 aromatic heterocycles. The normalized spacial score (nSPS) is 20.2. The van der Waals surface area contributed by atoms with Crippen LogP contribution in [-0.4, -0.2) is 40.0 Å². The number of aromatic nitrogens is 1. The first-order valence-electron chi connectivity index (χ1n) is 8.02. The minimum atomic E-state index is -0.841. The second-order valence-corrected chi connectivity index (χ2v) is 6.33. The van der Waals surface area contributed by atoms with E-state index in [-0.39, 0.29) is 18.4 Å². The second-order valence-electron chi connectivity index (χ2n) is 6.33. The van der Waals surface area contributed by atoms with E-state index < -0.39 is 11.9 Å². The number of amides is 1. The molecule has 124 valence electrons. The SMILES string of the molecule is Cc1nc(-c2ccccc2)ccc1C(=O)N1C[C@@H](C)[C@H](C(=O)O)C1. The Hall–Kier alpha value is -2.69. The first-order chi connectivity index (χ1) is 11.5. The number of aryl methyl sites for hydroxylation is 1. The lowest BCUT2D eigenvalue weighted by Gasteiger charge is -2.17. The van der Waals surface area contributed by atoms with Crippen molar-refractivity contribution in [3.63, 3.8) is 0 Å². The zero-order valence-electron chi connectivity index (χ0n) is 13.8. The first kappa shape index (κ1) is 16.2. The Morgan fingerprint density at radius 2 is 1.83 bits per heavy atom. The van der Waals surface area contributed by atoms with Crippen molar-refractivity contribution in [2.24, 2.45) is 11.8 Å². The van der Waals surface area contributed by atoms with Gasteiger partial charge in [-0.2, -0.15) is 0 Å². The minimum absolute atomic E-state index is 0.0386. The largest absolute Gasteiger partial charge is 0.481 e.